The SMILES string of the molecule is COc1cc2occ(C(C)=O)c(=O)c2cc1OC. The normalized spacial score (nSPS) is 10.4. The van der Waals surface area contributed by atoms with Crippen molar-refractivity contribution in [3.8, 4) is 11.5 Å². The highest BCUT2D eigenvalue weighted by atomic mass is 16.5. The average molecular weight is 248 g/mol. The molecule has 0 atom stereocenters. The minimum absolute atomic E-state index is 0.0229. The smallest absolute Gasteiger partial charge is 0.203 e. The molecule has 0 bridgehead atoms. The number of ether oxygens (including phenoxy) is 2. The van der Waals surface area contributed by atoms with Gasteiger partial charge in [-0.05, 0) is 13.0 Å². The van der Waals surface area contributed by atoms with E-state index in [-0.39, 0.29) is 16.8 Å². The minimum atomic E-state index is -0.371. The molecular weight excluding hydrogens is 236 g/mol. The molecule has 0 fully saturated rings. The van der Waals surface area contributed by atoms with Crippen molar-refractivity contribution in [3.05, 3.63) is 34.2 Å². The van der Waals surface area contributed by atoms with Crippen molar-refractivity contribution in [1.29, 1.82) is 0 Å². The van der Waals surface area contributed by atoms with Gasteiger partial charge in [-0.3, -0.25) is 9.59 Å². The summed E-state index contributed by atoms with van der Waals surface area (Å²) >= 11 is 0. The van der Waals surface area contributed by atoms with E-state index in [9.17, 15) is 9.59 Å². The number of hydrogen-bond acceptors (Lipinski definition) is 5. The lowest BCUT2D eigenvalue weighted by molar-refractivity contribution is 0.101. The summed E-state index contributed by atoms with van der Waals surface area (Å²) in [5.41, 5.74) is 0.00192. The Labute approximate surface area is 103 Å². The Balaban J connectivity index is 2.82. The molecule has 2 rings (SSSR count). The molecule has 0 aliphatic rings. The number of Topliss-reactive ketones (excluding diaryl/α,β-unsaturated/α-hetero) is 1. The first-order valence-corrected chi connectivity index (χ1v) is 5.27. The molecule has 0 N–H and O–H groups in total. The third kappa shape index (κ3) is 1.84. The Morgan fingerprint density at radius 2 is 1.78 bits per heavy atom. The van der Waals surface area contributed by atoms with Gasteiger partial charge >= 0.3 is 0 Å². The fourth-order valence-electron chi connectivity index (χ4n) is 1.70. The first-order chi connectivity index (χ1) is 8.58. The summed E-state index contributed by atoms with van der Waals surface area (Å²) in [6.45, 7) is 1.32. The molecule has 0 saturated carbocycles. The van der Waals surface area contributed by atoms with E-state index in [4.69, 9.17) is 13.9 Å². The van der Waals surface area contributed by atoms with Crippen LogP contribution in [0, 0.1) is 0 Å². The highest BCUT2D eigenvalue weighted by molar-refractivity contribution is 5.96. The molecule has 0 aliphatic heterocycles. The van der Waals surface area contributed by atoms with Crippen molar-refractivity contribution in [2.45, 2.75) is 6.92 Å². The number of benzene rings is 1. The van der Waals surface area contributed by atoms with Crippen LogP contribution < -0.4 is 14.9 Å². The molecule has 18 heavy (non-hydrogen) atoms. The molecule has 5 heteroatoms. The molecule has 0 saturated heterocycles. The van der Waals surface area contributed by atoms with Gasteiger partial charge in [0.25, 0.3) is 0 Å². The van der Waals surface area contributed by atoms with E-state index < -0.39 is 0 Å². The van der Waals surface area contributed by atoms with Crippen LogP contribution in [0.1, 0.15) is 17.3 Å². The first kappa shape index (κ1) is 12.2. The zero-order chi connectivity index (χ0) is 13.3. The number of carbonyl (C=O) groups excluding carboxylic acids is 1. The zero-order valence-electron chi connectivity index (χ0n) is 10.3. The lowest BCUT2D eigenvalue weighted by Gasteiger charge is -2.08. The third-order valence-corrected chi connectivity index (χ3v) is 2.66. The van der Waals surface area contributed by atoms with Gasteiger partial charge in [0.1, 0.15) is 17.4 Å². The number of hydrogen-bond donors (Lipinski definition) is 0. The van der Waals surface area contributed by atoms with Crippen LogP contribution in [-0.4, -0.2) is 20.0 Å². The summed E-state index contributed by atoms with van der Waals surface area (Å²) in [5.74, 6) is 0.544. The van der Waals surface area contributed by atoms with Crippen molar-refractivity contribution >= 4 is 16.8 Å². The summed E-state index contributed by atoms with van der Waals surface area (Å²) < 4.78 is 15.5. The van der Waals surface area contributed by atoms with E-state index in [1.54, 1.807) is 6.07 Å². The predicted molar refractivity (Wildman–Crippen MR) is 65.6 cm³/mol. The molecule has 0 radical (unpaired) electrons. The molecule has 0 spiro atoms. The van der Waals surface area contributed by atoms with E-state index in [1.165, 1.54) is 33.5 Å². The average Bonchev–Trinajstić information content (AvgIpc) is 2.37. The Kier molecular flexibility index (Phi) is 3.06. The Hall–Kier alpha value is -2.30. The first-order valence-electron chi connectivity index (χ1n) is 5.27. The van der Waals surface area contributed by atoms with Crippen LogP contribution in [0.3, 0.4) is 0 Å². The van der Waals surface area contributed by atoms with E-state index >= 15 is 0 Å². The lowest BCUT2D eigenvalue weighted by atomic mass is 10.1. The lowest BCUT2D eigenvalue weighted by Crippen LogP contribution is -2.12. The topological polar surface area (TPSA) is 65.7 Å². The Morgan fingerprint density at radius 1 is 1.17 bits per heavy atom. The number of ketones is 1. The maximum absolute atomic E-state index is 12.1. The monoisotopic (exact) mass is 248 g/mol. The zero-order valence-corrected chi connectivity index (χ0v) is 10.3. The summed E-state index contributed by atoms with van der Waals surface area (Å²) in [7, 11) is 2.96. The van der Waals surface area contributed by atoms with Crippen LogP contribution in [-0.2, 0) is 0 Å². The van der Waals surface area contributed by atoms with Crippen molar-refractivity contribution < 1.29 is 18.7 Å². The van der Waals surface area contributed by atoms with Crippen LogP contribution in [0.15, 0.2) is 27.6 Å². The molecule has 0 aliphatic carbocycles. The Morgan fingerprint density at radius 3 is 2.33 bits per heavy atom. The molecule has 1 heterocycles. The number of rotatable bonds is 3. The van der Waals surface area contributed by atoms with Gasteiger partial charge in [-0.2, -0.15) is 0 Å². The molecule has 1 aromatic heterocycles. The highest BCUT2D eigenvalue weighted by Gasteiger charge is 2.14. The largest absolute Gasteiger partial charge is 0.493 e. The van der Waals surface area contributed by atoms with Gasteiger partial charge in [-0.25, -0.2) is 0 Å². The minimum Gasteiger partial charge on any atom is -0.493 e. The van der Waals surface area contributed by atoms with Gasteiger partial charge in [0.2, 0.25) is 5.43 Å². The fraction of sp³-hybridized carbons (Fsp3) is 0.231. The van der Waals surface area contributed by atoms with E-state index in [1.807, 2.05) is 0 Å². The van der Waals surface area contributed by atoms with Crippen LogP contribution in [0.25, 0.3) is 11.0 Å². The summed E-state index contributed by atoms with van der Waals surface area (Å²) in [5, 5.41) is 0.292. The van der Waals surface area contributed by atoms with Crippen molar-refractivity contribution in [3.63, 3.8) is 0 Å². The standard InChI is InChI=1S/C13H12O5/c1-7(14)9-6-18-10-5-12(17-3)11(16-2)4-8(10)13(9)15/h4-6H,1-3H3. The maximum atomic E-state index is 12.1. The van der Waals surface area contributed by atoms with E-state index in [0.29, 0.717) is 22.5 Å². The number of fused-ring (bicyclic) bond motifs is 1. The number of methoxy groups -OCH3 is 2. The summed E-state index contributed by atoms with van der Waals surface area (Å²) in [4.78, 5) is 23.3. The van der Waals surface area contributed by atoms with Crippen LogP contribution in [0.2, 0.25) is 0 Å². The van der Waals surface area contributed by atoms with Crippen molar-refractivity contribution in [2.24, 2.45) is 0 Å². The van der Waals surface area contributed by atoms with Gasteiger partial charge in [0.05, 0.1) is 19.6 Å². The van der Waals surface area contributed by atoms with Gasteiger partial charge in [-0.1, -0.05) is 0 Å². The van der Waals surface area contributed by atoms with Crippen LogP contribution >= 0.6 is 0 Å². The molecular formula is C13H12O5. The summed E-state index contributed by atoms with van der Waals surface area (Å²) in [6.07, 6.45) is 1.17. The van der Waals surface area contributed by atoms with Gasteiger partial charge in [0.15, 0.2) is 17.3 Å². The molecule has 0 unspecified atom stereocenters. The Bertz CT molecular complexity index is 669. The molecule has 1 aromatic carbocycles. The van der Waals surface area contributed by atoms with E-state index in [2.05, 4.69) is 0 Å². The molecule has 0 amide bonds. The second kappa shape index (κ2) is 4.52. The van der Waals surface area contributed by atoms with Gasteiger partial charge in [-0.15, -0.1) is 0 Å². The molecule has 2 aromatic rings. The van der Waals surface area contributed by atoms with Crippen LogP contribution in [0.5, 0.6) is 11.5 Å². The van der Waals surface area contributed by atoms with Crippen molar-refractivity contribution in [2.75, 3.05) is 14.2 Å². The predicted octanol–water partition coefficient (Wildman–Crippen LogP) is 2.01. The van der Waals surface area contributed by atoms with Crippen LogP contribution in [0.4, 0.5) is 0 Å². The second-order valence-electron chi connectivity index (χ2n) is 3.74. The molecule has 5 nitrogen and oxygen atoms in total. The van der Waals surface area contributed by atoms with Gasteiger partial charge in [0, 0.05) is 6.07 Å². The quantitative estimate of drug-likeness (QED) is 0.777. The fourth-order valence-corrected chi connectivity index (χ4v) is 1.70. The maximum Gasteiger partial charge on any atom is 0.203 e. The highest BCUT2D eigenvalue weighted by Crippen LogP contribution is 2.30. The molecule has 94 valence electrons. The third-order valence-electron chi connectivity index (χ3n) is 2.66. The number of carbonyl (C=O) groups is 1. The second-order valence-corrected chi connectivity index (χ2v) is 3.74. The van der Waals surface area contributed by atoms with Crippen molar-refractivity contribution in [1.82, 2.24) is 0 Å². The van der Waals surface area contributed by atoms with Gasteiger partial charge < -0.3 is 13.9 Å². The van der Waals surface area contributed by atoms with E-state index in [0.717, 1.165) is 0 Å². The summed E-state index contributed by atoms with van der Waals surface area (Å²) in [6, 6.07) is 3.06.